The topological polar surface area (TPSA) is 46.3 Å². The smallest absolute Gasteiger partial charge is 0.235 e. The van der Waals surface area contributed by atoms with Crippen LogP contribution in [0.1, 0.15) is 46.0 Å². The van der Waals surface area contributed by atoms with Crippen molar-refractivity contribution in [2.75, 3.05) is 6.54 Å². The van der Waals surface area contributed by atoms with Gasteiger partial charge in [0.05, 0.1) is 10.4 Å². The van der Waals surface area contributed by atoms with Crippen LogP contribution in [0.3, 0.4) is 0 Å². The molecule has 2 aliphatic rings. The quantitative estimate of drug-likeness (QED) is 0.768. The van der Waals surface area contributed by atoms with E-state index in [9.17, 15) is 4.79 Å². The summed E-state index contributed by atoms with van der Waals surface area (Å²) in [7, 11) is 0. The monoisotopic (exact) mass is 254 g/mol. The van der Waals surface area contributed by atoms with E-state index >= 15 is 0 Å². The lowest BCUT2D eigenvalue weighted by atomic mass is 9.84. The standard InChI is InChI=1S/C13H22N2OS/c1-9-7-10(2)15(8-9)12(16)13(11(14)17)5-3-4-6-13/h9-10H,3-8H2,1-2H3,(H2,14,17). The van der Waals surface area contributed by atoms with Gasteiger partial charge in [-0.15, -0.1) is 0 Å². The fourth-order valence-electron chi connectivity index (χ4n) is 3.40. The molecule has 0 aromatic carbocycles. The maximum atomic E-state index is 12.7. The molecule has 17 heavy (non-hydrogen) atoms. The molecule has 2 N–H and O–H groups in total. The van der Waals surface area contributed by atoms with Crippen molar-refractivity contribution in [2.24, 2.45) is 17.1 Å². The minimum Gasteiger partial charge on any atom is -0.392 e. The number of nitrogens with zero attached hydrogens (tertiary/aromatic N) is 1. The van der Waals surface area contributed by atoms with Gasteiger partial charge in [0, 0.05) is 12.6 Å². The zero-order valence-electron chi connectivity index (χ0n) is 10.7. The molecular weight excluding hydrogens is 232 g/mol. The Bertz CT molecular complexity index is 336. The number of carbonyl (C=O) groups is 1. The van der Waals surface area contributed by atoms with Crippen LogP contribution in [0, 0.1) is 11.3 Å². The van der Waals surface area contributed by atoms with E-state index in [2.05, 4.69) is 13.8 Å². The van der Waals surface area contributed by atoms with Crippen molar-refractivity contribution in [2.45, 2.75) is 52.0 Å². The molecule has 0 aromatic rings. The second kappa shape index (κ2) is 4.56. The maximum Gasteiger partial charge on any atom is 0.235 e. The van der Waals surface area contributed by atoms with Gasteiger partial charge in [-0.1, -0.05) is 32.0 Å². The minimum atomic E-state index is -0.520. The van der Waals surface area contributed by atoms with Gasteiger partial charge in [-0.25, -0.2) is 0 Å². The van der Waals surface area contributed by atoms with Crippen molar-refractivity contribution < 1.29 is 4.79 Å². The van der Waals surface area contributed by atoms with Crippen LogP contribution in [0.2, 0.25) is 0 Å². The molecule has 1 aliphatic carbocycles. The summed E-state index contributed by atoms with van der Waals surface area (Å²) in [6.45, 7) is 5.19. The van der Waals surface area contributed by atoms with E-state index in [0.717, 1.165) is 38.6 Å². The molecule has 1 saturated carbocycles. The lowest BCUT2D eigenvalue weighted by Gasteiger charge is -2.33. The Balaban J connectivity index is 2.20. The summed E-state index contributed by atoms with van der Waals surface area (Å²) in [5.74, 6) is 0.790. The van der Waals surface area contributed by atoms with Crippen LogP contribution in [0.5, 0.6) is 0 Å². The average Bonchev–Trinajstić information content (AvgIpc) is 2.84. The lowest BCUT2D eigenvalue weighted by molar-refractivity contribution is -0.138. The fourth-order valence-corrected chi connectivity index (χ4v) is 3.69. The van der Waals surface area contributed by atoms with Crippen molar-refractivity contribution in [1.29, 1.82) is 0 Å². The molecule has 1 saturated heterocycles. The van der Waals surface area contributed by atoms with E-state index in [4.69, 9.17) is 18.0 Å². The zero-order chi connectivity index (χ0) is 12.6. The van der Waals surface area contributed by atoms with E-state index in [1.807, 2.05) is 4.90 Å². The Morgan fingerprint density at radius 3 is 2.35 bits per heavy atom. The van der Waals surface area contributed by atoms with Gasteiger partial charge in [-0.2, -0.15) is 0 Å². The van der Waals surface area contributed by atoms with Crippen LogP contribution < -0.4 is 5.73 Å². The van der Waals surface area contributed by atoms with Crippen LogP contribution in [-0.2, 0) is 4.79 Å². The third-order valence-corrected chi connectivity index (χ3v) is 4.77. The van der Waals surface area contributed by atoms with Crippen molar-refractivity contribution in [3.63, 3.8) is 0 Å². The highest BCUT2D eigenvalue weighted by molar-refractivity contribution is 7.80. The fraction of sp³-hybridized carbons (Fsp3) is 0.846. The molecule has 1 heterocycles. The van der Waals surface area contributed by atoms with E-state index < -0.39 is 5.41 Å². The van der Waals surface area contributed by atoms with Gasteiger partial charge in [0.25, 0.3) is 0 Å². The number of carbonyl (C=O) groups excluding carboxylic acids is 1. The van der Waals surface area contributed by atoms with Crippen LogP contribution in [-0.4, -0.2) is 28.4 Å². The Hall–Kier alpha value is -0.640. The van der Waals surface area contributed by atoms with Gasteiger partial charge < -0.3 is 10.6 Å². The Morgan fingerprint density at radius 2 is 1.94 bits per heavy atom. The number of hydrogen-bond acceptors (Lipinski definition) is 2. The third kappa shape index (κ3) is 2.07. The molecule has 2 rings (SSSR count). The van der Waals surface area contributed by atoms with Crippen molar-refractivity contribution in [3.05, 3.63) is 0 Å². The van der Waals surface area contributed by atoms with Crippen LogP contribution >= 0.6 is 12.2 Å². The predicted octanol–water partition coefficient (Wildman–Crippen LogP) is 2.09. The first-order valence-corrected chi connectivity index (χ1v) is 6.99. The molecule has 0 spiro atoms. The highest BCUT2D eigenvalue weighted by Gasteiger charge is 2.48. The Kier molecular flexibility index (Phi) is 3.43. The van der Waals surface area contributed by atoms with Crippen LogP contribution in [0.25, 0.3) is 0 Å². The first-order chi connectivity index (χ1) is 7.97. The highest BCUT2D eigenvalue weighted by Crippen LogP contribution is 2.41. The van der Waals surface area contributed by atoms with Gasteiger partial charge in [0.1, 0.15) is 0 Å². The first-order valence-electron chi connectivity index (χ1n) is 6.58. The number of likely N-dealkylation sites (tertiary alicyclic amines) is 1. The molecule has 2 atom stereocenters. The average molecular weight is 254 g/mol. The number of amides is 1. The summed E-state index contributed by atoms with van der Waals surface area (Å²) >= 11 is 5.18. The molecule has 0 radical (unpaired) electrons. The molecule has 0 aromatic heterocycles. The molecule has 1 amide bonds. The van der Waals surface area contributed by atoms with Crippen molar-refractivity contribution >= 4 is 23.1 Å². The highest BCUT2D eigenvalue weighted by atomic mass is 32.1. The minimum absolute atomic E-state index is 0.194. The van der Waals surface area contributed by atoms with Crippen molar-refractivity contribution in [3.8, 4) is 0 Å². The van der Waals surface area contributed by atoms with E-state index in [-0.39, 0.29) is 5.91 Å². The van der Waals surface area contributed by atoms with Gasteiger partial charge in [-0.3, -0.25) is 4.79 Å². The van der Waals surface area contributed by atoms with E-state index in [1.54, 1.807) is 0 Å². The summed E-state index contributed by atoms with van der Waals surface area (Å²) in [6, 6.07) is 0.337. The zero-order valence-corrected chi connectivity index (χ0v) is 11.6. The molecule has 96 valence electrons. The first kappa shape index (κ1) is 12.8. The number of nitrogens with two attached hydrogens (primary N) is 1. The predicted molar refractivity (Wildman–Crippen MR) is 72.6 cm³/mol. The third-order valence-electron chi connectivity index (χ3n) is 4.38. The second-order valence-electron chi connectivity index (χ2n) is 5.80. The number of rotatable bonds is 2. The summed E-state index contributed by atoms with van der Waals surface area (Å²) in [5.41, 5.74) is 5.35. The lowest BCUT2D eigenvalue weighted by Crippen LogP contribution is -2.50. The van der Waals surface area contributed by atoms with E-state index in [0.29, 0.717) is 16.9 Å². The summed E-state index contributed by atoms with van der Waals surface area (Å²) < 4.78 is 0. The molecule has 2 fully saturated rings. The molecule has 3 nitrogen and oxygen atoms in total. The van der Waals surface area contributed by atoms with Gasteiger partial charge in [0.2, 0.25) is 5.91 Å². The Morgan fingerprint density at radius 1 is 1.35 bits per heavy atom. The molecular formula is C13H22N2OS. The number of hydrogen-bond donors (Lipinski definition) is 1. The SMILES string of the molecule is CC1CC(C)N(C(=O)C2(C(N)=S)CCCC2)C1. The largest absolute Gasteiger partial charge is 0.392 e. The van der Waals surface area contributed by atoms with Crippen LogP contribution in [0.4, 0.5) is 0 Å². The molecule has 0 bridgehead atoms. The van der Waals surface area contributed by atoms with E-state index in [1.165, 1.54) is 0 Å². The summed E-state index contributed by atoms with van der Waals surface area (Å²) in [4.78, 5) is 15.1. The van der Waals surface area contributed by atoms with Gasteiger partial charge >= 0.3 is 0 Å². The van der Waals surface area contributed by atoms with Gasteiger partial charge in [-0.05, 0) is 32.1 Å². The Labute approximate surface area is 109 Å². The summed E-state index contributed by atoms with van der Waals surface area (Å²) in [5, 5.41) is 0. The normalized spacial score (nSPS) is 31.8. The van der Waals surface area contributed by atoms with Crippen LogP contribution in [0.15, 0.2) is 0 Å². The molecule has 4 heteroatoms. The number of thiocarbonyl (C=S) groups is 1. The van der Waals surface area contributed by atoms with Gasteiger partial charge in [0.15, 0.2) is 0 Å². The summed E-state index contributed by atoms with van der Waals surface area (Å²) in [6.07, 6.45) is 4.93. The maximum absolute atomic E-state index is 12.7. The second-order valence-corrected chi connectivity index (χ2v) is 6.24. The molecule has 2 unspecified atom stereocenters. The van der Waals surface area contributed by atoms with Crippen molar-refractivity contribution in [1.82, 2.24) is 4.90 Å². The molecule has 1 aliphatic heterocycles.